The molecular formula is C15H18N2O2. The summed E-state index contributed by atoms with van der Waals surface area (Å²) in [5.41, 5.74) is 7.30. The van der Waals surface area contributed by atoms with Crippen LogP contribution in [0.15, 0.2) is 47.1 Å². The second-order valence-electron chi connectivity index (χ2n) is 4.32. The first-order chi connectivity index (χ1) is 9.29. The maximum absolute atomic E-state index is 11.9. The van der Waals surface area contributed by atoms with Gasteiger partial charge in [0.1, 0.15) is 5.76 Å². The molecule has 0 fully saturated rings. The molecular weight excluding hydrogens is 240 g/mol. The standard InChI is InChI=1S/C15H18N2O2/c16-9-7-12-3-5-13(6-4-12)15(18)17-10-8-14-2-1-11-19-14/h1-6,11H,7-10,16H2,(H,17,18). The van der Waals surface area contributed by atoms with Crippen LogP contribution < -0.4 is 11.1 Å². The Kier molecular flexibility index (Phi) is 4.75. The van der Waals surface area contributed by atoms with Crippen LogP contribution in [0.25, 0.3) is 0 Å². The Bertz CT molecular complexity index is 503. The van der Waals surface area contributed by atoms with Gasteiger partial charge in [-0.1, -0.05) is 12.1 Å². The fourth-order valence-electron chi connectivity index (χ4n) is 1.85. The molecule has 3 N–H and O–H groups in total. The quantitative estimate of drug-likeness (QED) is 0.829. The van der Waals surface area contributed by atoms with E-state index in [9.17, 15) is 4.79 Å². The zero-order valence-electron chi connectivity index (χ0n) is 10.8. The molecule has 1 heterocycles. The molecule has 0 spiro atoms. The van der Waals surface area contributed by atoms with Crippen molar-refractivity contribution in [3.8, 4) is 0 Å². The third-order valence-corrected chi connectivity index (χ3v) is 2.89. The third-order valence-electron chi connectivity index (χ3n) is 2.89. The zero-order valence-corrected chi connectivity index (χ0v) is 10.8. The van der Waals surface area contributed by atoms with E-state index in [0.717, 1.165) is 17.7 Å². The molecule has 2 rings (SSSR count). The number of hydrogen-bond donors (Lipinski definition) is 2. The smallest absolute Gasteiger partial charge is 0.251 e. The number of nitrogens with two attached hydrogens (primary N) is 1. The fraction of sp³-hybridized carbons (Fsp3) is 0.267. The molecule has 4 nitrogen and oxygen atoms in total. The molecule has 0 saturated carbocycles. The van der Waals surface area contributed by atoms with Gasteiger partial charge in [0.15, 0.2) is 0 Å². The van der Waals surface area contributed by atoms with Crippen molar-refractivity contribution in [2.75, 3.05) is 13.1 Å². The predicted molar refractivity (Wildman–Crippen MR) is 73.9 cm³/mol. The van der Waals surface area contributed by atoms with Gasteiger partial charge in [0.05, 0.1) is 6.26 Å². The number of carbonyl (C=O) groups excluding carboxylic acids is 1. The first-order valence-electron chi connectivity index (χ1n) is 6.39. The molecule has 0 radical (unpaired) electrons. The SMILES string of the molecule is NCCc1ccc(C(=O)NCCc2ccco2)cc1. The molecule has 1 aromatic carbocycles. The van der Waals surface area contributed by atoms with E-state index in [2.05, 4.69) is 5.32 Å². The Hall–Kier alpha value is -2.07. The van der Waals surface area contributed by atoms with E-state index in [1.807, 2.05) is 36.4 Å². The number of benzene rings is 1. The van der Waals surface area contributed by atoms with E-state index in [4.69, 9.17) is 10.2 Å². The Balaban J connectivity index is 1.82. The average molecular weight is 258 g/mol. The Morgan fingerprint density at radius 2 is 1.95 bits per heavy atom. The Labute approximate surface area is 112 Å². The first-order valence-corrected chi connectivity index (χ1v) is 6.39. The molecule has 2 aromatic rings. The molecule has 0 bridgehead atoms. The molecule has 0 aliphatic heterocycles. The van der Waals surface area contributed by atoms with Crippen LogP contribution >= 0.6 is 0 Å². The molecule has 19 heavy (non-hydrogen) atoms. The highest BCUT2D eigenvalue weighted by Crippen LogP contribution is 2.05. The van der Waals surface area contributed by atoms with Crippen molar-refractivity contribution in [2.24, 2.45) is 5.73 Å². The van der Waals surface area contributed by atoms with Crippen molar-refractivity contribution >= 4 is 5.91 Å². The van der Waals surface area contributed by atoms with Crippen molar-refractivity contribution in [1.29, 1.82) is 0 Å². The molecule has 0 saturated heterocycles. The molecule has 0 unspecified atom stereocenters. The summed E-state index contributed by atoms with van der Waals surface area (Å²) in [4.78, 5) is 11.9. The van der Waals surface area contributed by atoms with E-state index < -0.39 is 0 Å². The van der Waals surface area contributed by atoms with Crippen molar-refractivity contribution in [1.82, 2.24) is 5.32 Å². The second-order valence-corrected chi connectivity index (χ2v) is 4.32. The fourth-order valence-corrected chi connectivity index (χ4v) is 1.85. The van der Waals surface area contributed by atoms with Crippen LogP contribution in [0.5, 0.6) is 0 Å². The minimum absolute atomic E-state index is 0.0640. The van der Waals surface area contributed by atoms with E-state index in [-0.39, 0.29) is 5.91 Å². The Morgan fingerprint density at radius 3 is 2.58 bits per heavy atom. The summed E-state index contributed by atoms with van der Waals surface area (Å²) < 4.78 is 5.20. The number of rotatable bonds is 6. The number of amides is 1. The van der Waals surface area contributed by atoms with Crippen molar-refractivity contribution in [2.45, 2.75) is 12.8 Å². The molecule has 100 valence electrons. The summed E-state index contributed by atoms with van der Waals surface area (Å²) in [7, 11) is 0. The summed E-state index contributed by atoms with van der Waals surface area (Å²) in [5.74, 6) is 0.810. The van der Waals surface area contributed by atoms with Crippen LogP contribution in [0.2, 0.25) is 0 Å². The minimum Gasteiger partial charge on any atom is -0.469 e. The highest BCUT2D eigenvalue weighted by atomic mass is 16.3. The van der Waals surface area contributed by atoms with Gasteiger partial charge in [0.2, 0.25) is 0 Å². The van der Waals surface area contributed by atoms with Gasteiger partial charge < -0.3 is 15.5 Å². The van der Waals surface area contributed by atoms with Crippen LogP contribution in [0.1, 0.15) is 21.7 Å². The summed E-state index contributed by atoms with van der Waals surface area (Å²) in [6.07, 6.45) is 3.16. The van der Waals surface area contributed by atoms with Crippen molar-refractivity contribution < 1.29 is 9.21 Å². The summed E-state index contributed by atoms with van der Waals surface area (Å²) >= 11 is 0. The number of carbonyl (C=O) groups is 1. The Morgan fingerprint density at radius 1 is 1.16 bits per heavy atom. The highest BCUT2D eigenvalue weighted by Gasteiger charge is 2.05. The number of furan rings is 1. The lowest BCUT2D eigenvalue weighted by Crippen LogP contribution is -2.25. The van der Waals surface area contributed by atoms with Gasteiger partial charge in [0, 0.05) is 18.5 Å². The zero-order chi connectivity index (χ0) is 13.5. The number of nitrogens with one attached hydrogen (secondary N) is 1. The average Bonchev–Trinajstić information content (AvgIpc) is 2.93. The van der Waals surface area contributed by atoms with Crippen LogP contribution in [0, 0.1) is 0 Å². The van der Waals surface area contributed by atoms with Crippen molar-refractivity contribution in [3.05, 3.63) is 59.5 Å². The second kappa shape index (κ2) is 6.75. The monoisotopic (exact) mass is 258 g/mol. The van der Waals surface area contributed by atoms with E-state index in [1.54, 1.807) is 6.26 Å². The van der Waals surface area contributed by atoms with Crippen molar-refractivity contribution in [3.63, 3.8) is 0 Å². The molecule has 1 aromatic heterocycles. The van der Waals surface area contributed by atoms with Crippen LogP contribution in [-0.4, -0.2) is 19.0 Å². The van der Waals surface area contributed by atoms with Gasteiger partial charge in [-0.05, 0) is 42.8 Å². The normalized spacial score (nSPS) is 10.4. The van der Waals surface area contributed by atoms with Crippen LogP contribution in [0.3, 0.4) is 0 Å². The number of hydrogen-bond acceptors (Lipinski definition) is 3. The summed E-state index contributed by atoms with van der Waals surface area (Å²) in [6.45, 7) is 1.19. The minimum atomic E-state index is -0.0640. The maximum Gasteiger partial charge on any atom is 0.251 e. The van der Waals surface area contributed by atoms with Gasteiger partial charge in [-0.3, -0.25) is 4.79 Å². The largest absolute Gasteiger partial charge is 0.469 e. The van der Waals surface area contributed by atoms with E-state index in [0.29, 0.717) is 25.1 Å². The predicted octanol–water partition coefficient (Wildman–Crippen LogP) is 1.75. The van der Waals surface area contributed by atoms with Gasteiger partial charge in [-0.15, -0.1) is 0 Å². The topological polar surface area (TPSA) is 68.3 Å². The van der Waals surface area contributed by atoms with E-state index in [1.165, 1.54) is 0 Å². The lowest BCUT2D eigenvalue weighted by molar-refractivity contribution is 0.0953. The van der Waals surface area contributed by atoms with Crippen LogP contribution in [0.4, 0.5) is 0 Å². The summed E-state index contributed by atoms with van der Waals surface area (Å²) in [6, 6.07) is 11.3. The molecule has 0 aliphatic rings. The highest BCUT2D eigenvalue weighted by molar-refractivity contribution is 5.94. The molecule has 4 heteroatoms. The van der Waals surface area contributed by atoms with E-state index >= 15 is 0 Å². The summed E-state index contributed by atoms with van der Waals surface area (Å²) in [5, 5.41) is 2.87. The van der Waals surface area contributed by atoms with Gasteiger partial charge in [-0.25, -0.2) is 0 Å². The molecule has 0 aliphatic carbocycles. The van der Waals surface area contributed by atoms with Gasteiger partial charge in [-0.2, -0.15) is 0 Å². The maximum atomic E-state index is 11.9. The lowest BCUT2D eigenvalue weighted by atomic mass is 10.1. The van der Waals surface area contributed by atoms with Gasteiger partial charge >= 0.3 is 0 Å². The molecule has 0 atom stereocenters. The lowest BCUT2D eigenvalue weighted by Gasteiger charge is -2.05. The van der Waals surface area contributed by atoms with Gasteiger partial charge in [0.25, 0.3) is 5.91 Å². The first kappa shape index (κ1) is 13.4. The van der Waals surface area contributed by atoms with Crippen LogP contribution in [-0.2, 0) is 12.8 Å². The third kappa shape index (κ3) is 3.96. The molecule has 1 amide bonds.